The first-order valence-corrected chi connectivity index (χ1v) is 13.4. The molecule has 1 aromatic rings. The lowest BCUT2D eigenvalue weighted by atomic mass is 9.63. The second kappa shape index (κ2) is 15.9. The Bertz CT molecular complexity index is 804. The van der Waals surface area contributed by atoms with E-state index in [1.807, 2.05) is 38.1 Å². The topological polar surface area (TPSA) is 20.3 Å². The first-order chi connectivity index (χ1) is 16.4. The molecule has 0 N–H and O–H groups in total. The van der Waals surface area contributed by atoms with Crippen molar-refractivity contribution in [3.05, 3.63) is 71.1 Å². The standard InChI is InChI=1S/C18H24ClNO.C10H15F.C2H6/c1-2-14-5-3-12-20(13-14)17(21)18(10-4-11-18)15-6-8-16(19)9-7-15;1-4-6-10(5-2)8-7-9(3)11;1-2/h6-9,14H,2-5,10-13H2,1H3;5,7-8H,2,4,6H2,1,3H3;1-2H3/b;9-7+,10-8+;. The van der Waals surface area contributed by atoms with E-state index in [0.29, 0.717) is 11.8 Å². The molecule has 1 aliphatic carbocycles. The molecule has 0 spiro atoms. The number of halogens is 2. The predicted octanol–water partition coefficient (Wildman–Crippen LogP) is 9.21. The van der Waals surface area contributed by atoms with E-state index in [0.717, 1.165) is 67.8 Å². The molecule has 2 fully saturated rings. The minimum Gasteiger partial charge on any atom is -0.342 e. The lowest BCUT2D eigenvalue weighted by molar-refractivity contribution is -0.142. The number of benzene rings is 1. The van der Waals surface area contributed by atoms with Crippen LogP contribution in [0.15, 0.2) is 60.5 Å². The van der Waals surface area contributed by atoms with Crippen LogP contribution >= 0.6 is 11.6 Å². The Morgan fingerprint density at radius 2 is 1.82 bits per heavy atom. The van der Waals surface area contributed by atoms with E-state index in [1.165, 1.54) is 25.8 Å². The molecular formula is C30H45ClFNO. The van der Waals surface area contributed by atoms with Gasteiger partial charge in [-0.2, -0.15) is 0 Å². The van der Waals surface area contributed by atoms with Crippen LogP contribution in [0.1, 0.15) is 91.5 Å². The molecular weight excluding hydrogens is 445 g/mol. The number of hydrogen-bond donors (Lipinski definition) is 0. The third-order valence-corrected chi connectivity index (χ3v) is 6.98. The predicted molar refractivity (Wildman–Crippen MR) is 146 cm³/mol. The number of amides is 1. The SMILES string of the molecule is C=C/C(=C\C=C(/C)F)CCC.CC.CCC1CCCN(C(=O)C2(c3ccc(Cl)cc3)CCC2)C1. The Morgan fingerprint density at radius 1 is 1.18 bits per heavy atom. The number of hydrogen-bond acceptors (Lipinski definition) is 1. The lowest BCUT2D eigenvalue weighted by Gasteiger charge is -2.46. The fraction of sp³-hybridized carbons (Fsp3) is 0.567. The highest BCUT2D eigenvalue weighted by molar-refractivity contribution is 6.30. The van der Waals surface area contributed by atoms with Gasteiger partial charge >= 0.3 is 0 Å². The highest BCUT2D eigenvalue weighted by Gasteiger charge is 2.48. The van der Waals surface area contributed by atoms with Crippen molar-refractivity contribution in [2.75, 3.05) is 13.1 Å². The number of carbonyl (C=O) groups is 1. The summed E-state index contributed by atoms with van der Waals surface area (Å²) in [7, 11) is 0. The van der Waals surface area contributed by atoms with Crippen molar-refractivity contribution < 1.29 is 9.18 Å². The summed E-state index contributed by atoms with van der Waals surface area (Å²) in [5.74, 6) is 0.875. The molecule has 1 heterocycles. The Kier molecular flexibility index (Phi) is 14.1. The maximum atomic E-state index is 13.1. The smallest absolute Gasteiger partial charge is 0.233 e. The molecule has 3 rings (SSSR count). The van der Waals surface area contributed by atoms with E-state index in [9.17, 15) is 9.18 Å². The van der Waals surface area contributed by atoms with Gasteiger partial charge in [0.1, 0.15) is 0 Å². The average Bonchev–Trinajstić information content (AvgIpc) is 2.83. The Labute approximate surface area is 213 Å². The molecule has 0 bridgehead atoms. The van der Waals surface area contributed by atoms with Gasteiger partial charge < -0.3 is 4.90 Å². The highest BCUT2D eigenvalue weighted by Crippen LogP contribution is 2.46. The van der Waals surface area contributed by atoms with Crippen molar-refractivity contribution in [2.24, 2.45) is 5.92 Å². The molecule has 1 aliphatic heterocycles. The van der Waals surface area contributed by atoms with Crippen molar-refractivity contribution in [3.63, 3.8) is 0 Å². The molecule has 0 aromatic heterocycles. The van der Waals surface area contributed by atoms with Crippen LogP contribution in [0, 0.1) is 5.92 Å². The first kappa shape index (κ1) is 30.2. The van der Waals surface area contributed by atoms with Gasteiger partial charge in [0.05, 0.1) is 11.2 Å². The third kappa shape index (κ3) is 8.73. The number of allylic oxidation sites excluding steroid dienone is 5. The van der Waals surface area contributed by atoms with Gasteiger partial charge in [0.25, 0.3) is 0 Å². The Balaban J connectivity index is 0.000000380. The number of piperidine rings is 1. The summed E-state index contributed by atoms with van der Waals surface area (Å²) in [6, 6.07) is 7.91. The second-order valence-corrected chi connectivity index (χ2v) is 9.50. The molecule has 1 aromatic carbocycles. The van der Waals surface area contributed by atoms with Crippen LogP contribution < -0.4 is 0 Å². The maximum absolute atomic E-state index is 13.1. The molecule has 190 valence electrons. The van der Waals surface area contributed by atoms with Crippen LogP contribution in [0.25, 0.3) is 0 Å². The minimum absolute atomic E-state index is 0.166. The molecule has 1 unspecified atom stereocenters. The van der Waals surface area contributed by atoms with Gasteiger partial charge in [-0.15, -0.1) is 0 Å². The average molecular weight is 490 g/mol. The zero-order valence-corrected chi connectivity index (χ0v) is 22.8. The van der Waals surface area contributed by atoms with E-state index in [1.54, 1.807) is 12.2 Å². The third-order valence-electron chi connectivity index (χ3n) is 6.72. The van der Waals surface area contributed by atoms with Gasteiger partial charge in [-0.25, -0.2) is 4.39 Å². The van der Waals surface area contributed by atoms with Crippen molar-refractivity contribution in [1.82, 2.24) is 4.90 Å². The maximum Gasteiger partial charge on any atom is 0.233 e. The summed E-state index contributed by atoms with van der Waals surface area (Å²) in [5.41, 5.74) is 1.98. The molecule has 2 aliphatic rings. The summed E-state index contributed by atoms with van der Waals surface area (Å²) in [5, 5.41) is 0.740. The molecule has 34 heavy (non-hydrogen) atoms. The molecule has 1 amide bonds. The molecule has 2 nitrogen and oxygen atoms in total. The molecule has 1 saturated heterocycles. The summed E-state index contributed by atoms with van der Waals surface area (Å²) in [6.07, 6.45) is 13.8. The number of likely N-dealkylation sites (tertiary alicyclic amines) is 1. The molecule has 0 radical (unpaired) electrons. The van der Waals surface area contributed by atoms with E-state index in [2.05, 4.69) is 25.3 Å². The van der Waals surface area contributed by atoms with Crippen LogP contribution in [-0.2, 0) is 10.2 Å². The van der Waals surface area contributed by atoms with Crippen molar-refractivity contribution in [3.8, 4) is 0 Å². The van der Waals surface area contributed by atoms with Crippen LogP contribution in [-0.4, -0.2) is 23.9 Å². The van der Waals surface area contributed by atoms with Crippen molar-refractivity contribution in [2.45, 2.75) is 91.4 Å². The molecule has 1 atom stereocenters. The fourth-order valence-electron chi connectivity index (χ4n) is 4.57. The number of nitrogens with zero attached hydrogens (tertiary/aromatic N) is 1. The zero-order valence-electron chi connectivity index (χ0n) is 22.0. The summed E-state index contributed by atoms with van der Waals surface area (Å²) >= 11 is 5.99. The quantitative estimate of drug-likeness (QED) is 0.349. The normalized spacial score (nSPS) is 19.6. The Hall–Kier alpha value is -1.87. The largest absolute Gasteiger partial charge is 0.342 e. The highest BCUT2D eigenvalue weighted by atomic mass is 35.5. The van der Waals surface area contributed by atoms with Crippen LogP contribution in [0.4, 0.5) is 4.39 Å². The zero-order chi connectivity index (χ0) is 25.6. The fourth-order valence-corrected chi connectivity index (χ4v) is 4.70. The van der Waals surface area contributed by atoms with Gasteiger partial charge in [0.2, 0.25) is 5.91 Å². The molecule has 4 heteroatoms. The van der Waals surface area contributed by atoms with Gasteiger partial charge in [-0.3, -0.25) is 4.79 Å². The summed E-state index contributed by atoms with van der Waals surface area (Å²) < 4.78 is 12.2. The second-order valence-electron chi connectivity index (χ2n) is 9.06. The molecule has 1 saturated carbocycles. The summed E-state index contributed by atoms with van der Waals surface area (Å²) in [4.78, 5) is 15.3. The summed E-state index contributed by atoms with van der Waals surface area (Å²) in [6.45, 7) is 15.3. The minimum atomic E-state index is -0.264. The van der Waals surface area contributed by atoms with Crippen LogP contribution in [0.3, 0.4) is 0 Å². The van der Waals surface area contributed by atoms with Gasteiger partial charge in [0.15, 0.2) is 0 Å². The van der Waals surface area contributed by atoms with Crippen molar-refractivity contribution in [1.29, 1.82) is 0 Å². The van der Waals surface area contributed by atoms with Crippen molar-refractivity contribution >= 4 is 17.5 Å². The van der Waals surface area contributed by atoms with Crippen LogP contribution in [0.2, 0.25) is 5.02 Å². The first-order valence-electron chi connectivity index (χ1n) is 13.1. The van der Waals surface area contributed by atoms with Gasteiger partial charge in [-0.1, -0.05) is 89.4 Å². The monoisotopic (exact) mass is 489 g/mol. The number of rotatable bonds is 7. The van der Waals surface area contributed by atoms with Crippen LogP contribution in [0.5, 0.6) is 0 Å². The van der Waals surface area contributed by atoms with Gasteiger partial charge in [-0.05, 0) is 74.3 Å². The number of carbonyl (C=O) groups excluding carboxylic acids is 1. The van der Waals surface area contributed by atoms with E-state index < -0.39 is 0 Å². The van der Waals surface area contributed by atoms with E-state index in [4.69, 9.17) is 11.6 Å². The lowest BCUT2D eigenvalue weighted by Crippen LogP contribution is -2.53. The van der Waals surface area contributed by atoms with E-state index >= 15 is 0 Å². The van der Waals surface area contributed by atoms with E-state index in [-0.39, 0.29) is 11.2 Å². The Morgan fingerprint density at radius 3 is 2.29 bits per heavy atom. The van der Waals surface area contributed by atoms with Gasteiger partial charge in [0, 0.05) is 18.1 Å².